The van der Waals surface area contributed by atoms with Crippen LogP contribution in [0.1, 0.15) is 38.2 Å². The largest absolute Gasteiger partial charge is 0.494 e. The molecule has 2 aromatic rings. The summed E-state index contributed by atoms with van der Waals surface area (Å²) in [5, 5.41) is 8.71. The molecule has 4 heteroatoms. The van der Waals surface area contributed by atoms with Crippen LogP contribution in [-0.2, 0) is 6.42 Å². The monoisotopic (exact) mass is 300 g/mol. The van der Waals surface area contributed by atoms with Gasteiger partial charge in [-0.2, -0.15) is 0 Å². The van der Waals surface area contributed by atoms with Gasteiger partial charge in [-0.15, -0.1) is 0 Å². The van der Waals surface area contributed by atoms with Gasteiger partial charge in [0.15, 0.2) is 5.82 Å². The highest BCUT2D eigenvalue weighted by Gasteiger charge is 2.02. The number of rotatable bonds is 9. The molecule has 0 saturated heterocycles. The third-order valence-corrected chi connectivity index (χ3v) is 3.55. The van der Waals surface area contributed by atoms with Crippen LogP contribution in [0.4, 0.5) is 0 Å². The van der Waals surface area contributed by atoms with Crippen molar-refractivity contribution in [2.45, 2.75) is 39.0 Å². The molecular weight excluding hydrogens is 276 g/mol. The molecule has 22 heavy (non-hydrogen) atoms. The van der Waals surface area contributed by atoms with E-state index < -0.39 is 0 Å². The van der Waals surface area contributed by atoms with E-state index in [9.17, 15) is 0 Å². The Kier molecular flexibility index (Phi) is 6.84. The zero-order valence-corrected chi connectivity index (χ0v) is 13.2. The molecule has 0 aliphatic heterocycles. The number of aliphatic hydroxyl groups is 1. The summed E-state index contributed by atoms with van der Waals surface area (Å²) in [6.07, 6.45) is 8.75. The van der Waals surface area contributed by atoms with Crippen molar-refractivity contribution in [1.29, 1.82) is 0 Å². The van der Waals surface area contributed by atoms with Crippen LogP contribution in [0.5, 0.6) is 5.75 Å². The van der Waals surface area contributed by atoms with Gasteiger partial charge in [-0.05, 0) is 55.5 Å². The number of hydrogen-bond donors (Lipinski definition) is 1. The minimum Gasteiger partial charge on any atom is -0.494 e. The van der Waals surface area contributed by atoms with Gasteiger partial charge >= 0.3 is 0 Å². The number of aliphatic hydroxyl groups excluding tert-OH is 1. The van der Waals surface area contributed by atoms with Crippen LogP contribution in [0, 0.1) is 0 Å². The Bertz CT molecular complexity index is 538. The molecule has 0 atom stereocenters. The molecule has 1 N–H and O–H groups in total. The first-order chi connectivity index (χ1) is 10.8. The molecule has 1 aromatic heterocycles. The lowest BCUT2D eigenvalue weighted by Crippen LogP contribution is -1.98. The Labute approximate surface area is 132 Å². The number of hydrogen-bond acceptors (Lipinski definition) is 4. The van der Waals surface area contributed by atoms with Crippen molar-refractivity contribution in [3.05, 3.63) is 42.2 Å². The van der Waals surface area contributed by atoms with E-state index in [2.05, 4.69) is 16.9 Å². The second kappa shape index (κ2) is 9.15. The van der Waals surface area contributed by atoms with Gasteiger partial charge in [0.25, 0.3) is 0 Å². The molecule has 0 aliphatic rings. The molecule has 1 heterocycles. The second-order valence-corrected chi connectivity index (χ2v) is 5.28. The number of aromatic nitrogens is 2. The molecular formula is C18H24N2O2. The summed E-state index contributed by atoms with van der Waals surface area (Å²) in [4.78, 5) is 8.76. The summed E-state index contributed by atoms with van der Waals surface area (Å²) in [6, 6.07) is 7.89. The predicted molar refractivity (Wildman–Crippen MR) is 87.9 cm³/mol. The first-order valence-electron chi connectivity index (χ1n) is 7.98. The van der Waals surface area contributed by atoms with Gasteiger partial charge < -0.3 is 9.84 Å². The summed E-state index contributed by atoms with van der Waals surface area (Å²) < 4.78 is 5.71. The lowest BCUT2D eigenvalue weighted by Gasteiger charge is -2.07. The van der Waals surface area contributed by atoms with E-state index in [1.54, 1.807) is 0 Å². The zero-order chi connectivity index (χ0) is 15.6. The number of benzene rings is 1. The molecule has 0 bridgehead atoms. The number of unbranched alkanes of at least 4 members (excludes halogenated alkanes) is 3. The van der Waals surface area contributed by atoms with E-state index in [1.807, 2.05) is 36.7 Å². The van der Waals surface area contributed by atoms with E-state index in [1.165, 1.54) is 0 Å². The lowest BCUT2D eigenvalue weighted by molar-refractivity contribution is 0.273. The predicted octanol–water partition coefficient (Wildman–Crippen LogP) is 3.64. The van der Waals surface area contributed by atoms with E-state index in [-0.39, 0.29) is 6.61 Å². The highest BCUT2D eigenvalue weighted by atomic mass is 16.5. The van der Waals surface area contributed by atoms with Crippen LogP contribution in [0.15, 0.2) is 36.7 Å². The maximum atomic E-state index is 8.71. The molecule has 2 rings (SSSR count). The first-order valence-corrected chi connectivity index (χ1v) is 7.98. The van der Waals surface area contributed by atoms with Crippen LogP contribution in [-0.4, -0.2) is 28.3 Å². The van der Waals surface area contributed by atoms with Crippen molar-refractivity contribution in [3.8, 4) is 17.1 Å². The second-order valence-electron chi connectivity index (χ2n) is 5.28. The molecule has 0 amide bonds. The maximum Gasteiger partial charge on any atom is 0.159 e. The van der Waals surface area contributed by atoms with E-state index in [0.717, 1.165) is 54.8 Å². The number of aryl methyl sites for hydroxylation is 1. The fourth-order valence-electron chi connectivity index (χ4n) is 2.14. The third-order valence-electron chi connectivity index (χ3n) is 3.55. The van der Waals surface area contributed by atoms with Crippen molar-refractivity contribution in [2.75, 3.05) is 13.2 Å². The summed E-state index contributed by atoms with van der Waals surface area (Å²) in [5.41, 5.74) is 2.14. The normalized spacial score (nSPS) is 10.6. The Hall–Kier alpha value is -1.94. The standard InChI is InChI=1S/C18H24N2O2/c1-2-15-13-19-18(20-14-15)16-7-9-17(10-8-16)22-12-6-4-3-5-11-21/h7-10,13-14,21H,2-6,11-12H2,1H3. The molecule has 0 fully saturated rings. The van der Waals surface area contributed by atoms with Crippen molar-refractivity contribution in [3.63, 3.8) is 0 Å². The molecule has 0 saturated carbocycles. The third kappa shape index (κ3) is 5.11. The molecule has 1 aromatic carbocycles. The Morgan fingerprint density at radius 3 is 2.27 bits per heavy atom. The van der Waals surface area contributed by atoms with Crippen LogP contribution in [0.3, 0.4) is 0 Å². The smallest absolute Gasteiger partial charge is 0.159 e. The van der Waals surface area contributed by atoms with Crippen LogP contribution in [0.25, 0.3) is 11.4 Å². The van der Waals surface area contributed by atoms with E-state index in [4.69, 9.17) is 9.84 Å². The van der Waals surface area contributed by atoms with Gasteiger partial charge in [-0.25, -0.2) is 9.97 Å². The first kappa shape index (κ1) is 16.4. The van der Waals surface area contributed by atoms with Crippen molar-refractivity contribution < 1.29 is 9.84 Å². The van der Waals surface area contributed by atoms with Gasteiger partial charge in [0.2, 0.25) is 0 Å². The van der Waals surface area contributed by atoms with Gasteiger partial charge in [0.1, 0.15) is 5.75 Å². The lowest BCUT2D eigenvalue weighted by atomic mass is 10.2. The molecule has 0 spiro atoms. The number of nitrogens with zero attached hydrogens (tertiary/aromatic N) is 2. The average molecular weight is 300 g/mol. The summed E-state index contributed by atoms with van der Waals surface area (Å²) in [5.74, 6) is 1.61. The Morgan fingerprint density at radius 2 is 1.64 bits per heavy atom. The minimum absolute atomic E-state index is 0.281. The van der Waals surface area contributed by atoms with Crippen molar-refractivity contribution in [2.24, 2.45) is 0 Å². The van der Waals surface area contributed by atoms with Gasteiger partial charge in [-0.1, -0.05) is 13.3 Å². The quantitative estimate of drug-likeness (QED) is 0.718. The SMILES string of the molecule is CCc1cnc(-c2ccc(OCCCCCCO)cc2)nc1. The summed E-state index contributed by atoms with van der Waals surface area (Å²) in [6.45, 7) is 3.09. The highest BCUT2D eigenvalue weighted by Crippen LogP contribution is 2.19. The Balaban J connectivity index is 1.82. The highest BCUT2D eigenvalue weighted by molar-refractivity contribution is 5.55. The van der Waals surface area contributed by atoms with Crippen LogP contribution in [0.2, 0.25) is 0 Å². The van der Waals surface area contributed by atoms with Crippen LogP contribution < -0.4 is 4.74 Å². The number of ether oxygens (including phenoxy) is 1. The average Bonchev–Trinajstić information content (AvgIpc) is 2.59. The molecule has 4 nitrogen and oxygen atoms in total. The molecule has 0 aliphatic carbocycles. The molecule has 0 radical (unpaired) electrons. The van der Waals surface area contributed by atoms with E-state index >= 15 is 0 Å². The molecule has 0 unspecified atom stereocenters. The zero-order valence-electron chi connectivity index (χ0n) is 13.2. The minimum atomic E-state index is 0.281. The van der Waals surface area contributed by atoms with Gasteiger partial charge in [-0.3, -0.25) is 0 Å². The summed E-state index contributed by atoms with van der Waals surface area (Å²) >= 11 is 0. The molecule has 118 valence electrons. The van der Waals surface area contributed by atoms with E-state index in [0.29, 0.717) is 6.61 Å². The van der Waals surface area contributed by atoms with Gasteiger partial charge in [0, 0.05) is 24.6 Å². The fraction of sp³-hybridized carbons (Fsp3) is 0.444. The van der Waals surface area contributed by atoms with Gasteiger partial charge in [0.05, 0.1) is 6.61 Å². The van der Waals surface area contributed by atoms with Crippen molar-refractivity contribution in [1.82, 2.24) is 9.97 Å². The fourth-order valence-corrected chi connectivity index (χ4v) is 2.14. The topological polar surface area (TPSA) is 55.2 Å². The maximum absolute atomic E-state index is 8.71. The van der Waals surface area contributed by atoms with Crippen molar-refractivity contribution >= 4 is 0 Å². The Morgan fingerprint density at radius 1 is 0.955 bits per heavy atom. The van der Waals surface area contributed by atoms with Crippen LogP contribution >= 0.6 is 0 Å². The summed E-state index contributed by atoms with van der Waals surface area (Å²) in [7, 11) is 0.